The lowest BCUT2D eigenvalue weighted by Gasteiger charge is -2.31. The summed E-state index contributed by atoms with van der Waals surface area (Å²) in [6, 6.07) is 10.2. The van der Waals surface area contributed by atoms with E-state index in [0.29, 0.717) is 13.2 Å². The van der Waals surface area contributed by atoms with E-state index in [1.165, 1.54) is 5.56 Å². The third-order valence-corrected chi connectivity index (χ3v) is 2.87. The third-order valence-electron chi connectivity index (χ3n) is 2.87. The van der Waals surface area contributed by atoms with E-state index in [4.69, 9.17) is 9.47 Å². The average molecular weight is 236 g/mol. The van der Waals surface area contributed by atoms with Crippen molar-refractivity contribution >= 4 is 0 Å². The number of ether oxygens (including phenoxy) is 2. The summed E-state index contributed by atoms with van der Waals surface area (Å²) in [5.41, 5.74) is 4.34. The van der Waals surface area contributed by atoms with Crippen LogP contribution in [0.15, 0.2) is 30.3 Å². The van der Waals surface area contributed by atoms with Crippen molar-refractivity contribution in [1.82, 2.24) is 10.4 Å². The molecule has 94 valence electrons. The Bertz CT molecular complexity index is 318. The van der Waals surface area contributed by atoms with Gasteiger partial charge < -0.3 is 9.47 Å². The maximum Gasteiger partial charge on any atom is 0.0949 e. The van der Waals surface area contributed by atoms with Crippen molar-refractivity contribution in [3.63, 3.8) is 0 Å². The number of benzene rings is 1. The van der Waals surface area contributed by atoms with Gasteiger partial charge in [-0.15, -0.1) is 0 Å². The second-order valence-corrected chi connectivity index (χ2v) is 4.16. The van der Waals surface area contributed by atoms with E-state index in [2.05, 4.69) is 22.6 Å². The lowest BCUT2D eigenvalue weighted by molar-refractivity contribution is -0.0824. The zero-order valence-electron chi connectivity index (χ0n) is 10.3. The van der Waals surface area contributed by atoms with Gasteiger partial charge in [-0.25, -0.2) is 5.01 Å². The van der Waals surface area contributed by atoms with Crippen molar-refractivity contribution in [3.05, 3.63) is 35.9 Å². The molecule has 0 aromatic heterocycles. The second kappa shape index (κ2) is 6.71. The molecule has 1 saturated heterocycles. The summed E-state index contributed by atoms with van der Waals surface area (Å²) >= 11 is 0. The van der Waals surface area contributed by atoms with Crippen molar-refractivity contribution in [2.24, 2.45) is 0 Å². The number of rotatable bonds is 5. The van der Waals surface area contributed by atoms with Gasteiger partial charge in [-0.05, 0) is 12.6 Å². The van der Waals surface area contributed by atoms with Crippen molar-refractivity contribution in [3.8, 4) is 0 Å². The molecule has 1 N–H and O–H groups in total. The summed E-state index contributed by atoms with van der Waals surface area (Å²) in [6.45, 7) is 3.88. The normalized spacial score (nSPS) is 21.6. The van der Waals surface area contributed by atoms with Crippen LogP contribution in [-0.2, 0) is 16.1 Å². The highest BCUT2D eigenvalue weighted by Gasteiger charge is 2.19. The van der Waals surface area contributed by atoms with E-state index >= 15 is 0 Å². The molecule has 0 amide bonds. The van der Waals surface area contributed by atoms with Crippen LogP contribution in [0.1, 0.15) is 5.56 Å². The first-order valence-corrected chi connectivity index (χ1v) is 6.04. The van der Waals surface area contributed by atoms with Crippen molar-refractivity contribution in [2.45, 2.75) is 12.7 Å². The van der Waals surface area contributed by atoms with Crippen LogP contribution in [0.3, 0.4) is 0 Å². The van der Waals surface area contributed by atoms with E-state index in [0.717, 1.165) is 19.7 Å². The zero-order valence-corrected chi connectivity index (χ0v) is 10.3. The monoisotopic (exact) mass is 236 g/mol. The number of hydrogen-bond acceptors (Lipinski definition) is 4. The van der Waals surface area contributed by atoms with Gasteiger partial charge in [-0.2, -0.15) is 0 Å². The summed E-state index contributed by atoms with van der Waals surface area (Å²) in [6.07, 6.45) is 0.167. The lowest BCUT2D eigenvalue weighted by Crippen LogP contribution is -2.49. The Morgan fingerprint density at radius 1 is 1.41 bits per heavy atom. The van der Waals surface area contributed by atoms with Crippen molar-refractivity contribution in [2.75, 3.05) is 33.4 Å². The van der Waals surface area contributed by atoms with Crippen LogP contribution in [0.2, 0.25) is 0 Å². The Kier molecular flexibility index (Phi) is 4.94. The van der Waals surface area contributed by atoms with Gasteiger partial charge in [0.1, 0.15) is 0 Å². The number of hydrazine groups is 1. The maximum absolute atomic E-state index is 5.67. The molecule has 1 aromatic rings. The Labute approximate surface area is 102 Å². The lowest BCUT2D eigenvalue weighted by atomic mass is 10.2. The fraction of sp³-hybridized carbons (Fsp3) is 0.538. The summed E-state index contributed by atoms with van der Waals surface area (Å²) < 4.78 is 11.3. The summed E-state index contributed by atoms with van der Waals surface area (Å²) in [4.78, 5) is 0. The Balaban J connectivity index is 1.68. The summed E-state index contributed by atoms with van der Waals surface area (Å²) in [7, 11) is 1.94. The number of morpholine rings is 1. The third kappa shape index (κ3) is 4.09. The predicted octanol–water partition coefficient (Wildman–Crippen LogP) is 1.04. The van der Waals surface area contributed by atoms with E-state index in [1.807, 2.05) is 25.2 Å². The van der Waals surface area contributed by atoms with E-state index in [1.54, 1.807) is 0 Å². The minimum Gasteiger partial charge on any atom is -0.374 e. The standard InChI is InChI=1S/C13H20N2O2/c1-14-15-7-8-17-13(9-15)11-16-10-12-5-3-2-4-6-12/h2-6,13-14H,7-11H2,1H3. The molecule has 1 unspecified atom stereocenters. The van der Waals surface area contributed by atoms with E-state index < -0.39 is 0 Å². The summed E-state index contributed by atoms with van der Waals surface area (Å²) in [5.74, 6) is 0. The number of hydrogen-bond donors (Lipinski definition) is 1. The van der Waals surface area contributed by atoms with Crippen molar-refractivity contribution in [1.29, 1.82) is 0 Å². The number of nitrogens with one attached hydrogen (secondary N) is 1. The van der Waals surface area contributed by atoms with Gasteiger partial charge in [0.05, 0.1) is 25.9 Å². The van der Waals surface area contributed by atoms with Gasteiger partial charge in [0.25, 0.3) is 0 Å². The average Bonchev–Trinajstić information content (AvgIpc) is 2.40. The molecule has 4 heteroatoms. The molecule has 1 aliphatic heterocycles. The molecule has 17 heavy (non-hydrogen) atoms. The highest BCUT2D eigenvalue weighted by atomic mass is 16.5. The highest BCUT2D eigenvalue weighted by molar-refractivity contribution is 5.13. The molecule has 1 heterocycles. The van der Waals surface area contributed by atoms with E-state index in [9.17, 15) is 0 Å². The fourth-order valence-electron chi connectivity index (χ4n) is 1.91. The van der Waals surface area contributed by atoms with Gasteiger partial charge in [0.15, 0.2) is 0 Å². The molecule has 2 rings (SSSR count). The predicted molar refractivity (Wildman–Crippen MR) is 66.5 cm³/mol. The zero-order chi connectivity index (χ0) is 11.9. The van der Waals surface area contributed by atoms with Crippen LogP contribution in [-0.4, -0.2) is 44.5 Å². The fourth-order valence-corrected chi connectivity index (χ4v) is 1.91. The molecule has 0 aliphatic carbocycles. The van der Waals surface area contributed by atoms with Crippen LogP contribution < -0.4 is 5.43 Å². The van der Waals surface area contributed by atoms with Gasteiger partial charge >= 0.3 is 0 Å². The first kappa shape index (κ1) is 12.5. The molecule has 1 fully saturated rings. The van der Waals surface area contributed by atoms with Crippen LogP contribution in [0, 0.1) is 0 Å². The second-order valence-electron chi connectivity index (χ2n) is 4.16. The Morgan fingerprint density at radius 3 is 3.00 bits per heavy atom. The first-order valence-electron chi connectivity index (χ1n) is 6.04. The van der Waals surface area contributed by atoms with Gasteiger partial charge in [-0.1, -0.05) is 30.3 Å². The van der Waals surface area contributed by atoms with Crippen LogP contribution >= 0.6 is 0 Å². The minimum atomic E-state index is 0.167. The van der Waals surface area contributed by atoms with Crippen molar-refractivity contribution < 1.29 is 9.47 Å². The Morgan fingerprint density at radius 2 is 2.24 bits per heavy atom. The van der Waals surface area contributed by atoms with Gasteiger partial charge in [0.2, 0.25) is 0 Å². The molecule has 0 bridgehead atoms. The summed E-state index contributed by atoms with van der Waals surface area (Å²) in [5, 5.41) is 2.15. The molecule has 0 radical (unpaired) electrons. The van der Waals surface area contributed by atoms with Gasteiger partial charge in [0, 0.05) is 13.1 Å². The smallest absolute Gasteiger partial charge is 0.0949 e. The first-order chi connectivity index (χ1) is 8.38. The molecule has 1 atom stereocenters. The maximum atomic E-state index is 5.67. The minimum absolute atomic E-state index is 0.167. The molecular formula is C13H20N2O2. The van der Waals surface area contributed by atoms with Gasteiger partial charge in [-0.3, -0.25) is 5.43 Å². The molecular weight excluding hydrogens is 216 g/mol. The van der Waals surface area contributed by atoms with Crippen LogP contribution in [0.4, 0.5) is 0 Å². The molecule has 1 aliphatic rings. The molecule has 0 saturated carbocycles. The topological polar surface area (TPSA) is 33.7 Å². The quantitative estimate of drug-likeness (QED) is 0.828. The Hall–Kier alpha value is -0.940. The number of nitrogens with zero attached hydrogens (tertiary/aromatic N) is 1. The molecule has 0 spiro atoms. The van der Waals surface area contributed by atoms with E-state index in [-0.39, 0.29) is 6.10 Å². The molecule has 1 aromatic carbocycles. The molecule has 4 nitrogen and oxygen atoms in total. The SMILES string of the molecule is CNN1CCOC(COCc2ccccc2)C1. The largest absolute Gasteiger partial charge is 0.374 e. The highest BCUT2D eigenvalue weighted by Crippen LogP contribution is 2.05. The van der Waals surface area contributed by atoms with Crippen LogP contribution in [0.25, 0.3) is 0 Å². The van der Waals surface area contributed by atoms with Crippen LogP contribution in [0.5, 0.6) is 0 Å².